The molecule has 128 valence electrons. The molecule has 0 saturated carbocycles. The Hall–Kier alpha value is -2.08. The number of aromatic nitrogens is 3. The van der Waals surface area contributed by atoms with Crippen LogP contribution in [0.1, 0.15) is 21.6 Å². The molecule has 3 rings (SSSR count). The van der Waals surface area contributed by atoms with E-state index in [0.717, 1.165) is 5.56 Å². The van der Waals surface area contributed by atoms with Crippen molar-refractivity contribution in [3.8, 4) is 0 Å². The molecule has 0 unspecified atom stereocenters. The molecule has 1 aromatic carbocycles. The Balaban J connectivity index is 1.64. The molecule has 2 aromatic heterocycles. The van der Waals surface area contributed by atoms with Crippen LogP contribution in [0.4, 0.5) is 0 Å². The Morgan fingerprint density at radius 2 is 1.88 bits per heavy atom. The van der Waals surface area contributed by atoms with Crippen LogP contribution >= 0.6 is 34.8 Å². The first-order chi connectivity index (χ1) is 12.0. The largest absolute Gasteiger partial charge is 0.455 e. The number of halogens is 3. The summed E-state index contributed by atoms with van der Waals surface area (Å²) in [7, 11) is 0. The highest BCUT2D eigenvalue weighted by molar-refractivity contribution is 6.32. The molecule has 8 heteroatoms. The van der Waals surface area contributed by atoms with Crippen LogP contribution in [-0.4, -0.2) is 20.7 Å². The van der Waals surface area contributed by atoms with Crippen LogP contribution in [-0.2, 0) is 17.9 Å². The molecule has 0 amide bonds. The van der Waals surface area contributed by atoms with Gasteiger partial charge in [-0.15, -0.1) is 0 Å². The van der Waals surface area contributed by atoms with E-state index in [9.17, 15) is 4.79 Å². The number of carbonyl (C=O) groups excluding carboxylic acids is 1. The molecule has 0 spiro atoms. The lowest BCUT2D eigenvalue weighted by atomic mass is 10.2. The average molecular weight is 397 g/mol. The lowest BCUT2D eigenvalue weighted by Gasteiger charge is -2.05. The number of esters is 1. The second-order valence-corrected chi connectivity index (χ2v) is 6.36. The number of pyridine rings is 1. The summed E-state index contributed by atoms with van der Waals surface area (Å²) >= 11 is 17.9. The molecule has 0 atom stereocenters. The van der Waals surface area contributed by atoms with Crippen molar-refractivity contribution in [1.29, 1.82) is 0 Å². The molecular formula is C17H12Cl3N3O2. The van der Waals surface area contributed by atoms with E-state index in [1.165, 1.54) is 6.20 Å². The van der Waals surface area contributed by atoms with Gasteiger partial charge in [-0.1, -0.05) is 53.0 Å². The van der Waals surface area contributed by atoms with Crippen molar-refractivity contribution in [2.75, 3.05) is 0 Å². The van der Waals surface area contributed by atoms with Crippen molar-refractivity contribution < 1.29 is 9.53 Å². The van der Waals surface area contributed by atoms with Gasteiger partial charge in [0.25, 0.3) is 0 Å². The van der Waals surface area contributed by atoms with E-state index < -0.39 is 5.97 Å². The normalized spacial score (nSPS) is 10.7. The monoisotopic (exact) mass is 395 g/mol. The predicted octanol–water partition coefficient (Wildman–Crippen LogP) is 4.64. The first-order valence-electron chi connectivity index (χ1n) is 7.27. The summed E-state index contributed by atoms with van der Waals surface area (Å²) < 4.78 is 6.83. The molecule has 0 N–H and O–H groups in total. The number of carbonyl (C=O) groups is 1. The van der Waals surface area contributed by atoms with Gasteiger partial charge in [0.05, 0.1) is 29.0 Å². The summed E-state index contributed by atoms with van der Waals surface area (Å²) in [5.74, 6) is -0.525. The van der Waals surface area contributed by atoms with Crippen molar-refractivity contribution in [3.05, 3.63) is 80.8 Å². The molecular weight excluding hydrogens is 385 g/mol. The number of hydrogen-bond acceptors (Lipinski definition) is 4. The van der Waals surface area contributed by atoms with Crippen molar-refractivity contribution in [2.24, 2.45) is 0 Å². The molecule has 0 fully saturated rings. The van der Waals surface area contributed by atoms with E-state index in [0.29, 0.717) is 27.8 Å². The minimum atomic E-state index is -0.525. The number of ether oxygens (including phenoxy) is 1. The Morgan fingerprint density at radius 1 is 1.08 bits per heavy atom. The Morgan fingerprint density at radius 3 is 2.68 bits per heavy atom. The molecule has 0 radical (unpaired) electrons. The van der Waals surface area contributed by atoms with Gasteiger partial charge in [-0.2, -0.15) is 5.10 Å². The van der Waals surface area contributed by atoms with E-state index >= 15 is 0 Å². The van der Waals surface area contributed by atoms with Crippen molar-refractivity contribution in [2.45, 2.75) is 13.2 Å². The minimum Gasteiger partial charge on any atom is -0.455 e. The Bertz CT molecular complexity index is 912. The van der Waals surface area contributed by atoms with E-state index in [2.05, 4.69) is 10.1 Å². The second-order valence-electron chi connectivity index (χ2n) is 5.16. The lowest BCUT2D eigenvalue weighted by Crippen LogP contribution is -2.06. The van der Waals surface area contributed by atoms with Gasteiger partial charge in [-0.25, -0.2) is 9.78 Å². The molecule has 0 aliphatic rings. The fourth-order valence-electron chi connectivity index (χ4n) is 2.13. The summed E-state index contributed by atoms with van der Waals surface area (Å²) in [5.41, 5.74) is 1.62. The predicted molar refractivity (Wildman–Crippen MR) is 96.2 cm³/mol. The first-order valence-corrected chi connectivity index (χ1v) is 8.40. The molecule has 2 heterocycles. The maximum absolute atomic E-state index is 12.1. The van der Waals surface area contributed by atoms with Gasteiger partial charge in [0, 0.05) is 11.2 Å². The van der Waals surface area contributed by atoms with Gasteiger partial charge in [-0.3, -0.25) is 4.68 Å². The zero-order chi connectivity index (χ0) is 17.8. The topological polar surface area (TPSA) is 57.0 Å². The fourth-order valence-corrected chi connectivity index (χ4v) is 2.65. The molecule has 3 aromatic rings. The molecule has 5 nitrogen and oxygen atoms in total. The second kappa shape index (κ2) is 7.87. The van der Waals surface area contributed by atoms with Gasteiger partial charge in [0.2, 0.25) is 0 Å². The number of rotatable bonds is 5. The van der Waals surface area contributed by atoms with Crippen LogP contribution in [0.15, 0.2) is 48.8 Å². The van der Waals surface area contributed by atoms with Gasteiger partial charge in [-0.05, 0) is 23.8 Å². The Labute approximate surface area is 159 Å². The van der Waals surface area contributed by atoms with Gasteiger partial charge >= 0.3 is 5.97 Å². The maximum atomic E-state index is 12.1. The average Bonchev–Trinajstić information content (AvgIpc) is 3.06. The van der Waals surface area contributed by atoms with Crippen molar-refractivity contribution >= 4 is 40.8 Å². The highest BCUT2D eigenvalue weighted by Crippen LogP contribution is 2.19. The zero-order valence-electron chi connectivity index (χ0n) is 12.8. The maximum Gasteiger partial charge on any atom is 0.341 e. The zero-order valence-corrected chi connectivity index (χ0v) is 15.1. The summed E-state index contributed by atoms with van der Waals surface area (Å²) in [6.07, 6.45) is 3.03. The lowest BCUT2D eigenvalue weighted by molar-refractivity contribution is 0.0468. The molecule has 0 saturated heterocycles. The number of nitrogens with zero attached hydrogens (tertiary/aromatic N) is 3. The molecule has 0 bridgehead atoms. The van der Waals surface area contributed by atoms with Crippen LogP contribution in [0.3, 0.4) is 0 Å². The SMILES string of the molecule is O=C(OCc1nc(Cl)ccc1Cl)c1cnn(Cc2ccccc2Cl)c1. The third-order valence-corrected chi connectivity index (χ3v) is 4.31. The van der Waals surface area contributed by atoms with E-state index in [-0.39, 0.29) is 11.8 Å². The number of hydrogen-bond donors (Lipinski definition) is 0. The summed E-state index contributed by atoms with van der Waals surface area (Å²) in [4.78, 5) is 16.2. The van der Waals surface area contributed by atoms with Crippen molar-refractivity contribution in [1.82, 2.24) is 14.8 Å². The standard InChI is InChI=1S/C17H12Cl3N3O2/c18-13-4-2-1-3-11(13)8-23-9-12(7-21-23)17(24)25-10-15-14(19)5-6-16(20)22-15/h1-7,9H,8,10H2. The molecule has 0 aliphatic carbocycles. The van der Waals surface area contributed by atoms with E-state index in [4.69, 9.17) is 39.5 Å². The summed E-state index contributed by atoms with van der Waals surface area (Å²) in [6, 6.07) is 10.6. The van der Waals surface area contributed by atoms with Crippen LogP contribution in [0.5, 0.6) is 0 Å². The third-order valence-electron chi connectivity index (χ3n) is 3.38. The smallest absolute Gasteiger partial charge is 0.341 e. The number of benzene rings is 1. The Kier molecular flexibility index (Phi) is 5.58. The fraction of sp³-hybridized carbons (Fsp3) is 0.118. The van der Waals surface area contributed by atoms with E-state index in [1.807, 2.05) is 18.2 Å². The molecule has 25 heavy (non-hydrogen) atoms. The highest BCUT2D eigenvalue weighted by atomic mass is 35.5. The quantitative estimate of drug-likeness (QED) is 0.465. The van der Waals surface area contributed by atoms with Crippen LogP contribution in [0, 0.1) is 0 Å². The van der Waals surface area contributed by atoms with Gasteiger partial charge in [0.15, 0.2) is 0 Å². The van der Waals surface area contributed by atoms with Crippen molar-refractivity contribution in [3.63, 3.8) is 0 Å². The summed E-state index contributed by atoms with van der Waals surface area (Å²) in [5, 5.41) is 5.46. The molecule has 0 aliphatic heterocycles. The van der Waals surface area contributed by atoms with Crippen LogP contribution in [0.2, 0.25) is 15.2 Å². The van der Waals surface area contributed by atoms with E-state index in [1.54, 1.807) is 29.1 Å². The van der Waals surface area contributed by atoms with Gasteiger partial charge < -0.3 is 4.74 Å². The minimum absolute atomic E-state index is 0.0755. The third kappa shape index (κ3) is 4.51. The first kappa shape index (κ1) is 17.7. The van der Waals surface area contributed by atoms with Crippen LogP contribution in [0.25, 0.3) is 0 Å². The van der Waals surface area contributed by atoms with Gasteiger partial charge in [0.1, 0.15) is 11.8 Å². The highest BCUT2D eigenvalue weighted by Gasteiger charge is 2.13. The van der Waals surface area contributed by atoms with Crippen LogP contribution < -0.4 is 0 Å². The summed E-state index contributed by atoms with van der Waals surface area (Å²) in [6.45, 7) is 0.378.